The smallest absolute Gasteiger partial charge is 0.261 e. The van der Waals surface area contributed by atoms with Crippen LogP contribution < -0.4 is 30.9 Å². The SMILES string of the molecule is Cc1cc2c3c(c1)N(c1ccccc1)c1cc(-c4ccccc4)cc4c1B3c1c(cc(-c3ccccc3)cc1N2c1ccccc1)O4. The highest BCUT2D eigenvalue weighted by Gasteiger charge is 2.49. The van der Waals surface area contributed by atoms with E-state index in [0.717, 1.165) is 34.0 Å². The van der Waals surface area contributed by atoms with Crippen LogP contribution >= 0.6 is 0 Å². The molecular weight excluding hydrogens is 571 g/mol. The van der Waals surface area contributed by atoms with Gasteiger partial charge in [-0.25, -0.2) is 0 Å². The van der Waals surface area contributed by atoms with Gasteiger partial charge in [0.25, 0.3) is 6.71 Å². The number of hydrogen-bond donors (Lipinski definition) is 0. The second-order valence-corrected chi connectivity index (χ2v) is 12.6. The second kappa shape index (κ2) is 10.0. The molecule has 0 saturated carbocycles. The Morgan fingerprint density at radius 2 is 0.787 bits per heavy atom. The van der Waals surface area contributed by atoms with E-state index in [1.807, 2.05) is 0 Å². The standard InChI is InChI=1S/C43H29BN2O/c1-28-22-35-41-36(23-28)46(34-20-12-5-13-21-34)38-25-32(30-16-8-3-9-17-30)27-40-43(38)44(41)42-37(45(35)33-18-10-4-11-19-33)24-31(26-39(42)47-40)29-14-6-2-7-15-29/h2-27H,1H3. The van der Waals surface area contributed by atoms with E-state index in [1.165, 1.54) is 55.8 Å². The lowest BCUT2D eigenvalue weighted by Gasteiger charge is -2.47. The van der Waals surface area contributed by atoms with Gasteiger partial charge in [-0.15, -0.1) is 0 Å². The van der Waals surface area contributed by atoms with E-state index in [2.05, 4.69) is 174 Å². The lowest BCUT2D eigenvalue weighted by atomic mass is 9.32. The first kappa shape index (κ1) is 26.2. The van der Waals surface area contributed by atoms with E-state index in [1.54, 1.807) is 0 Å². The summed E-state index contributed by atoms with van der Waals surface area (Å²) >= 11 is 0. The quantitative estimate of drug-likeness (QED) is 0.187. The molecule has 3 aliphatic rings. The van der Waals surface area contributed by atoms with Crippen molar-refractivity contribution in [2.24, 2.45) is 0 Å². The van der Waals surface area contributed by atoms with Gasteiger partial charge >= 0.3 is 0 Å². The van der Waals surface area contributed by atoms with Crippen molar-refractivity contribution in [1.29, 1.82) is 0 Å². The van der Waals surface area contributed by atoms with Crippen LogP contribution in [-0.2, 0) is 0 Å². The summed E-state index contributed by atoms with van der Waals surface area (Å²) in [6, 6.07) is 56.8. The van der Waals surface area contributed by atoms with Gasteiger partial charge in [-0.2, -0.15) is 0 Å². The Morgan fingerprint density at radius 3 is 1.21 bits per heavy atom. The van der Waals surface area contributed by atoms with E-state index in [0.29, 0.717) is 0 Å². The zero-order chi connectivity index (χ0) is 31.1. The van der Waals surface area contributed by atoms with Gasteiger partial charge in [-0.1, -0.05) is 97.1 Å². The highest BCUT2D eigenvalue weighted by atomic mass is 16.5. The van der Waals surface area contributed by atoms with Crippen molar-refractivity contribution in [3.05, 3.63) is 163 Å². The van der Waals surface area contributed by atoms with Gasteiger partial charge in [-0.05, 0) is 112 Å². The molecule has 0 spiro atoms. The van der Waals surface area contributed by atoms with Gasteiger partial charge in [0.2, 0.25) is 0 Å². The normalized spacial score (nSPS) is 13.3. The third-order valence-electron chi connectivity index (χ3n) is 9.81. The van der Waals surface area contributed by atoms with Gasteiger partial charge in [0.1, 0.15) is 11.5 Å². The molecule has 3 heterocycles. The first-order valence-electron chi connectivity index (χ1n) is 16.2. The Balaban J connectivity index is 1.34. The van der Waals surface area contributed by atoms with Gasteiger partial charge in [0.05, 0.1) is 0 Å². The molecule has 0 fully saturated rings. The van der Waals surface area contributed by atoms with Crippen LogP contribution in [0, 0.1) is 6.92 Å². The van der Waals surface area contributed by atoms with Crippen LogP contribution in [0.3, 0.4) is 0 Å². The first-order chi connectivity index (χ1) is 23.2. The number of nitrogens with zero attached hydrogens (tertiary/aromatic N) is 2. The molecule has 0 aromatic heterocycles. The maximum atomic E-state index is 7.11. The number of anilines is 6. The number of rotatable bonds is 4. The first-order valence-corrected chi connectivity index (χ1v) is 16.2. The van der Waals surface area contributed by atoms with E-state index >= 15 is 0 Å². The topological polar surface area (TPSA) is 15.7 Å². The molecule has 0 atom stereocenters. The highest BCUT2D eigenvalue weighted by molar-refractivity contribution is 7.01. The van der Waals surface area contributed by atoms with Crippen LogP contribution in [-0.4, -0.2) is 6.71 Å². The van der Waals surface area contributed by atoms with Gasteiger partial charge < -0.3 is 14.5 Å². The fourth-order valence-electron chi connectivity index (χ4n) is 7.88. The molecule has 3 nitrogen and oxygen atoms in total. The average molecular weight is 601 g/mol. The molecule has 0 N–H and O–H groups in total. The minimum absolute atomic E-state index is 0.0268. The minimum atomic E-state index is 0.0268. The van der Waals surface area contributed by atoms with Gasteiger partial charge in [-0.3, -0.25) is 0 Å². The summed E-state index contributed by atoms with van der Waals surface area (Å²) < 4.78 is 7.11. The van der Waals surface area contributed by atoms with Crippen molar-refractivity contribution in [3.63, 3.8) is 0 Å². The Hall–Kier alpha value is -6.00. The van der Waals surface area contributed by atoms with E-state index in [-0.39, 0.29) is 6.71 Å². The molecule has 7 aromatic rings. The molecule has 0 saturated heterocycles. The molecule has 47 heavy (non-hydrogen) atoms. The summed E-state index contributed by atoms with van der Waals surface area (Å²) in [5.41, 5.74) is 16.6. The highest BCUT2D eigenvalue weighted by Crippen LogP contribution is 2.50. The number of para-hydroxylation sites is 2. The predicted octanol–water partition coefficient (Wildman–Crippen LogP) is 9.52. The molecular formula is C43H29BN2O. The fourth-order valence-corrected chi connectivity index (χ4v) is 7.88. The Morgan fingerprint density at radius 1 is 0.404 bits per heavy atom. The second-order valence-electron chi connectivity index (χ2n) is 12.6. The number of hydrogen-bond acceptors (Lipinski definition) is 3. The van der Waals surface area contributed by atoms with Crippen LogP contribution in [0.2, 0.25) is 0 Å². The molecule has 0 amide bonds. The average Bonchev–Trinajstić information content (AvgIpc) is 3.12. The Labute approximate surface area is 275 Å². The Bertz CT molecular complexity index is 2180. The maximum Gasteiger partial charge on any atom is 0.261 e. The van der Waals surface area contributed by atoms with Crippen LogP contribution in [0.4, 0.5) is 34.1 Å². The number of benzene rings is 7. The van der Waals surface area contributed by atoms with Crippen molar-refractivity contribution in [3.8, 4) is 33.8 Å². The van der Waals surface area contributed by atoms with E-state index in [4.69, 9.17) is 4.74 Å². The molecule has 0 aliphatic carbocycles. The van der Waals surface area contributed by atoms with Crippen LogP contribution in [0.15, 0.2) is 158 Å². The molecule has 10 rings (SSSR count). The predicted molar refractivity (Wildman–Crippen MR) is 196 cm³/mol. The summed E-state index contributed by atoms with van der Waals surface area (Å²) in [7, 11) is 0. The van der Waals surface area contributed by atoms with E-state index in [9.17, 15) is 0 Å². The summed E-state index contributed by atoms with van der Waals surface area (Å²) in [4.78, 5) is 4.91. The van der Waals surface area contributed by atoms with Gasteiger partial charge in [0, 0.05) is 34.1 Å². The van der Waals surface area contributed by atoms with Gasteiger partial charge in [0.15, 0.2) is 0 Å². The fraction of sp³-hybridized carbons (Fsp3) is 0.0233. The molecule has 0 unspecified atom stereocenters. The van der Waals surface area contributed by atoms with Crippen molar-refractivity contribution in [2.45, 2.75) is 6.92 Å². The summed E-state index contributed by atoms with van der Waals surface area (Å²) in [6.07, 6.45) is 0. The summed E-state index contributed by atoms with van der Waals surface area (Å²) in [6.45, 7) is 2.24. The Kier molecular flexibility index (Phi) is 5.59. The van der Waals surface area contributed by atoms with Crippen LogP contribution in [0.25, 0.3) is 22.3 Å². The monoisotopic (exact) mass is 600 g/mol. The molecule has 0 bridgehead atoms. The molecule has 0 radical (unpaired) electrons. The minimum Gasteiger partial charge on any atom is -0.458 e. The van der Waals surface area contributed by atoms with Crippen LogP contribution in [0.5, 0.6) is 11.5 Å². The summed E-state index contributed by atoms with van der Waals surface area (Å²) in [5.74, 6) is 1.84. The molecule has 220 valence electrons. The number of aryl methyl sites for hydroxylation is 1. The molecule has 7 aromatic carbocycles. The largest absolute Gasteiger partial charge is 0.458 e. The third kappa shape index (κ3) is 3.88. The maximum absolute atomic E-state index is 7.11. The molecule has 3 aliphatic heterocycles. The van der Waals surface area contributed by atoms with Crippen molar-refractivity contribution < 1.29 is 4.74 Å². The zero-order valence-electron chi connectivity index (χ0n) is 25.9. The summed E-state index contributed by atoms with van der Waals surface area (Å²) in [5, 5.41) is 0. The zero-order valence-corrected chi connectivity index (χ0v) is 25.9. The van der Waals surface area contributed by atoms with Crippen molar-refractivity contribution in [2.75, 3.05) is 9.80 Å². The molecule has 4 heteroatoms. The van der Waals surface area contributed by atoms with Crippen molar-refractivity contribution >= 4 is 57.2 Å². The van der Waals surface area contributed by atoms with Crippen LogP contribution in [0.1, 0.15) is 5.56 Å². The van der Waals surface area contributed by atoms with E-state index < -0.39 is 0 Å². The lowest BCUT2D eigenvalue weighted by molar-refractivity contribution is 0.488. The van der Waals surface area contributed by atoms with Crippen molar-refractivity contribution in [1.82, 2.24) is 0 Å². The number of ether oxygens (including phenoxy) is 1. The lowest BCUT2D eigenvalue weighted by Crippen LogP contribution is -2.63. The third-order valence-corrected chi connectivity index (χ3v) is 9.81.